The van der Waals surface area contributed by atoms with Crippen LogP contribution < -0.4 is 5.32 Å². The zero-order valence-corrected chi connectivity index (χ0v) is 14.3. The van der Waals surface area contributed by atoms with Gasteiger partial charge in [0.1, 0.15) is 5.70 Å². The van der Waals surface area contributed by atoms with Gasteiger partial charge in [0.05, 0.1) is 6.10 Å². The van der Waals surface area contributed by atoms with Gasteiger partial charge in [-0.25, -0.2) is 4.79 Å². The van der Waals surface area contributed by atoms with E-state index in [2.05, 4.69) is 5.32 Å². The van der Waals surface area contributed by atoms with Crippen LogP contribution in [0.15, 0.2) is 78.5 Å². The van der Waals surface area contributed by atoms with Crippen LogP contribution in [-0.4, -0.2) is 18.0 Å². The summed E-state index contributed by atoms with van der Waals surface area (Å²) in [5.41, 5.74) is 1.55. The topological polar surface area (TPSA) is 55.4 Å². The standard InChI is InChI=1S/C21H21NO3/c1-16(2)25-21(24)19(15-9-12-17-10-5-3-6-11-17)22-20(23)18-13-7-4-8-14-18/h3-16H,1-2H3,(H,22,23). The molecule has 0 radical (unpaired) electrons. The second-order valence-electron chi connectivity index (χ2n) is 5.62. The van der Waals surface area contributed by atoms with Gasteiger partial charge in [-0.15, -0.1) is 0 Å². The van der Waals surface area contributed by atoms with Crippen LogP contribution in [-0.2, 0) is 9.53 Å². The average Bonchev–Trinajstić information content (AvgIpc) is 2.61. The third-order valence-corrected chi connectivity index (χ3v) is 3.20. The molecule has 0 aliphatic rings. The SMILES string of the molecule is CC(C)OC(=O)C(=CC=Cc1ccccc1)NC(=O)c1ccccc1. The van der Waals surface area contributed by atoms with E-state index in [1.807, 2.05) is 42.5 Å². The van der Waals surface area contributed by atoms with E-state index in [-0.39, 0.29) is 17.7 Å². The number of hydrogen-bond donors (Lipinski definition) is 1. The Morgan fingerprint density at radius 2 is 1.56 bits per heavy atom. The minimum atomic E-state index is -0.572. The van der Waals surface area contributed by atoms with E-state index in [0.29, 0.717) is 5.56 Å². The molecule has 0 bridgehead atoms. The average molecular weight is 335 g/mol. The van der Waals surface area contributed by atoms with Crippen molar-refractivity contribution in [3.05, 3.63) is 89.6 Å². The lowest BCUT2D eigenvalue weighted by Crippen LogP contribution is -2.29. The Morgan fingerprint density at radius 1 is 0.960 bits per heavy atom. The maximum atomic E-state index is 12.3. The third kappa shape index (κ3) is 6.11. The van der Waals surface area contributed by atoms with Gasteiger partial charge in [0.2, 0.25) is 0 Å². The number of nitrogens with one attached hydrogen (secondary N) is 1. The summed E-state index contributed by atoms with van der Waals surface area (Å²) >= 11 is 0. The van der Waals surface area contributed by atoms with E-state index >= 15 is 0 Å². The Labute approximate surface area is 147 Å². The van der Waals surface area contributed by atoms with Gasteiger partial charge in [-0.1, -0.05) is 60.7 Å². The number of hydrogen-bond acceptors (Lipinski definition) is 3. The Balaban J connectivity index is 2.17. The van der Waals surface area contributed by atoms with Gasteiger partial charge in [-0.3, -0.25) is 4.79 Å². The van der Waals surface area contributed by atoms with Crippen molar-refractivity contribution in [2.75, 3.05) is 0 Å². The zero-order valence-electron chi connectivity index (χ0n) is 14.3. The molecule has 0 saturated carbocycles. The summed E-state index contributed by atoms with van der Waals surface area (Å²) < 4.78 is 5.20. The zero-order chi connectivity index (χ0) is 18.1. The quantitative estimate of drug-likeness (QED) is 0.494. The highest BCUT2D eigenvalue weighted by Crippen LogP contribution is 2.06. The fourth-order valence-electron chi connectivity index (χ4n) is 2.04. The summed E-state index contributed by atoms with van der Waals surface area (Å²) in [4.78, 5) is 24.5. The van der Waals surface area contributed by atoms with E-state index in [1.165, 1.54) is 0 Å². The number of carbonyl (C=O) groups excluding carboxylic acids is 2. The smallest absolute Gasteiger partial charge is 0.355 e. The second kappa shape index (κ2) is 9.23. The summed E-state index contributed by atoms with van der Waals surface area (Å²) in [6.45, 7) is 3.52. The Morgan fingerprint density at radius 3 is 2.16 bits per heavy atom. The van der Waals surface area contributed by atoms with Crippen molar-refractivity contribution in [2.24, 2.45) is 0 Å². The number of ether oxygens (including phenoxy) is 1. The molecule has 0 atom stereocenters. The summed E-state index contributed by atoms with van der Waals surface area (Å²) in [6, 6.07) is 18.4. The van der Waals surface area contributed by atoms with Crippen LogP contribution >= 0.6 is 0 Å². The summed E-state index contributed by atoms with van der Waals surface area (Å²) in [5.74, 6) is -0.933. The highest BCUT2D eigenvalue weighted by Gasteiger charge is 2.16. The summed E-state index contributed by atoms with van der Waals surface area (Å²) in [7, 11) is 0. The number of rotatable bonds is 6. The summed E-state index contributed by atoms with van der Waals surface area (Å²) in [6.07, 6.45) is 4.82. The van der Waals surface area contributed by atoms with Crippen LogP contribution in [0.25, 0.3) is 6.08 Å². The van der Waals surface area contributed by atoms with E-state index in [1.54, 1.807) is 50.3 Å². The molecular weight excluding hydrogens is 314 g/mol. The molecule has 2 aromatic carbocycles. The lowest BCUT2D eigenvalue weighted by Gasteiger charge is -2.12. The predicted octanol–water partition coefficient (Wildman–Crippen LogP) is 3.97. The molecule has 0 spiro atoms. The van der Waals surface area contributed by atoms with Crippen molar-refractivity contribution in [2.45, 2.75) is 20.0 Å². The monoisotopic (exact) mass is 335 g/mol. The molecule has 0 fully saturated rings. The maximum absolute atomic E-state index is 12.3. The van der Waals surface area contributed by atoms with E-state index in [0.717, 1.165) is 5.56 Å². The van der Waals surface area contributed by atoms with Gasteiger partial charge < -0.3 is 10.1 Å². The molecule has 0 aromatic heterocycles. The maximum Gasteiger partial charge on any atom is 0.355 e. The molecule has 0 saturated heterocycles. The molecule has 128 valence electrons. The van der Waals surface area contributed by atoms with Crippen LogP contribution in [0.5, 0.6) is 0 Å². The minimum absolute atomic E-state index is 0.0923. The number of allylic oxidation sites excluding steroid dienone is 2. The van der Waals surface area contributed by atoms with Crippen LogP contribution in [0, 0.1) is 0 Å². The van der Waals surface area contributed by atoms with Crippen LogP contribution in [0.3, 0.4) is 0 Å². The van der Waals surface area contributed by atoms with Crippen molar-refractivity contribution in [3.8, 4) is 0 Å². The van der Waals surface area contributed by atoms with Crippen LogP contribution in [0.2, 0.25) is 0 Å². The lowest BCUT2D eigenvalue weighted by atomic mass is 10.2. The van der Waals surface area contributed by atoms with Gasteiger partial charge in [0, 0.05) is 5.56 Å². The summed E-state index contributed by atoms with van der Waals surface area (Å²) in [5, 5.41) is 2.62. The van der Waals surface area contributed by atoms with Gasteiger partial charge >= 0.3 is 5.97 Å². The first-order valence-electron chi connectivity index (χ1n) is 8.07. The molecule has 1 N–H and O–H groups in total. The van der Waals surface area contributed by atoms with Gasteiger partial charge in [-0.2, -0.15) is 0 Å². The molecule has 2 rings (SSSR count). The molecule has 4 nitrogen and oxygen atoms in total. The fourth-order valence-corrected chi connectivity index (χ4v) is 2.04. The molecule has 0 heterocycles. The van der Waals surface area contributed by atoms with Crippen LogP contribution in [0.4, 0.5) is 0 Å². The molecule has 2 aromatic rings. The number of carbonyl (C=O) groups is 2. The second-order valence-corrected chi connectivity index (χ2v) is 5.62. The highest BCUT2D eigenvalue weighted by molar-refractivity contribution is 6.01. The van der Waals surface area contributed by atoms with Gasteiger partial charge in [-0.05, 0) is 37.6 Å². The molecule has 25 heavy (non-hydrogen) atoms. The molecule has 0 aliphatic heterocycles. The van der Waals surface area contributed by atoms with E-state index in [9.17, 15) is 9.59 Å². The van der Waals surface area contributed by atoms with Crippen LogP contribution in [0.1, 0.15) is 29.8 Å². The van der Waals surface area contributed by atoms with Gasteiger partial charge in [0.25, 0.3) is 5.91 Å². The Kier molecular flexibility index (Phi) is 6.72. The molecular formula is C21H21NO3. The van der Waals surface area contributed by atoms with Crippen molar-refractivity contribution in [1.29, 1.82) is 0 Å². The molecule has 0 aliphatic carbocycles. The number of benzene rings is 2. The lowest BCUT2D eigenvalue weighted by molar-refractivity contribution is -0.143. The predicted molar refractivity (Wildman–Crippen MR) is 98.7 cm³/mol. The molecule has 0 unspecified atom stereocenters. The van der Waals surface area contributed by atoms with E-state index in [4.69, 9.17) is 4.74 Å². The number of esters is 1. The Bertz CT molecular complexity index is 762. The molecule has 4 heteroatoms. The van der Waals surface area contributed by atoms with Crippen molar-refractivity contribution >= 4 is 18.0 Å². The largest absolute Gasteiger partial charge is 0.458 e. The Hall–Kier alpha value is -3.14. The molecule has 1 amide bonds. The number of amides is 1. The first-order valence-corrected chi connectivity index (χ1v) is 8.07. The minimum Gasteiger partial charge on any atom is -0.458 e. The normalized spacial score (nSPS) is 11.6. The van der Waals surface area contributed by atoms with Crippen molar-refractivity contribution in [3.63, 3.8) is 0 Å². The highest BCUT2D eigenvalue weighted by atomic mass is 16.5. The first kappa shape index (κ1) is 18.2. The van der Waals surface area contributed by atoms with E-state index < -0.39 is 5.97 Å². The van der Waals surface area contributed by atoms with Crippen molar-refractivity contribution < 1.29 is 14.3 Å². The third-order valence-electron chi connectivity index (χ3n) is 3.20. The first-order chi connectivity index (χ1) is 12.1. The van der Waals surface area contributed by atoms with Crippen molar-refractivity contribution in [1.82, 2.24) is 5.32 Å². The van der Waals surface area contributed by atoms with Gasteiger partial charge in [0.15, 0.2) is 0 Å². The fraction of sp³-hybridized carbons (Fsp3) is 0.143.